The number of benzene rings is 4. The Morgan fingerprint density at radius 1 is 0.870 bits per heavy atom. The molecule has 0 radical (unpaired) electrons. The summed E-state index contributed by atoms with van der Waals surface area (Å²) >= 11 is 2.79. The van der Waals surface area contributed by atoms with Crippen LogP contribution in [0.5, 0.6) is 5.75 Å². The predicted octanol–water partition coefficient (Wildman–Crippen LogP) is 7.66. The largest absolute Gasteiger partial charge is 0.497 e. The summed E-state index contributed by atoms with van der Waals surface area (Å²) in [5.74, 6) is -0.485. The Labute approximate surface area is 275 Å². The number of methoxy groups -OCH3 is 1. The van der Waals surface area contributed by atoms with Crippen molar-refractivity contribution in [3.63, 3.8) is 0 Å². The van der Waals surface area contributed by atoms with Crippen molar-refractivity contribution in [3.8, 4) is 17.0 Å². The molecule has 0 aliphatic carbocycles. The first-order chi connectivity index (χ1) is 22.3. The highest BCUT2D eigenvalue weighted by atomic mass is 32.2. The van der Waals surface area contributed by atoms with Gasteiger partial charge in [0.2, 0.25) is 5.91 Å². The summed E-state index contributed by atoms with van der Waals surface area (Å²) in [5.41, 5.74) is 3.51. The van der Waals surface area contributed by atoms with Crippen molar-refractivity contribution in [1.82, 2.24) is 10.3 Å². The maximum absolute atomic E-state index is 13.5. The molecule has 1 aromatic heterocycles. The first kappa shape index (κ1) is 32.2. The normalized spacial score (nSPS) is 11.8. The highest BCUT2D eigenvalue weighted by Gasteiger charge is 2.19. The van der Waals surface area contributed by atoms with E-state index in [0.29, 0.717) is 27.7 Å². The molecule has 5 rings (SSSR count). The Morgan fingerprint density at radius 2 is 1.59 bits per heavy atom. The molecule has 5 aromatic rings. The number of rotatable bonds is 11. The van der Waals surface area contributed by atoms with Crippen LogP contribution in [0.1, 0.15) is 27.7 Å². The minimum Gasteiger partial charge on any atom is -0.497 e. The van der Waals surface area contributed by atoms with E-state index in [1.54, 1.807) is 73.8 Å². The summed E-state index contributed by atoms with van der Waals surface area (Å²) in [7, 11) is 1.56. The van der Waals surface area contributed by atoms with E-state index < -0.39 is 17.1 Å². The molecule has 1 unspecified atom stereocenters. The van der Waals surface area contributed by atoms with Gasteiger partial charge in [0.25, 0.3) is 11.8 Å². The van der Waals surface area contributed by atoms with Gasteiger partial charge < -0.3 is 20.7 Å². The first-order valence-electron chi connectivity index (χ1n) is 14.4. The molecule has 46 heavy (non-hydrogen) atoms. The van der Waals surface area contributed by atoms with Crippen LogP contribution >= 0.6 is 23.1 Å². The minimum atomic E-state index is -0.506. The average molecular weight is 649 g/mol. The predicted molar refractivity (Wildman–Crippen MR) is 186 cm³/mol. The Morgan fingerprint density at radius 3 is 2.33 bits per heavy atom. The Kier molecular flexibility index (Phi) is 10.6. The Hall–Kier alpha value is -5.19. The fraction of sp³-hybridized carbons (Fsp3) is 0.111. The smallest absolute Gasteiger partial charge is 0.272 e. The molecule has 1 heterocycles. The molecule has 0 saturated heterocycles. The number of nitrogens with one attached hydrogen (secondary N) is 3. The van der Waals surface area contributed by atoms with Crippen molar-refractivity contribution in [2.24, 2.45) is 0 Å². The summed E-state index contributed by atoms with van der Waals surface area (Å²) in [6, 6.07) is 32.9. The van der Waals surface area contributed by atoms with E-state index in [1.807, 2.05) is 62.4 Å². The van der Waals surface area contributed by atoms with Gasteiger partial charge >= 0.3 is 0 Å². The molecule has 0 fully saturated rings. The van der Waals surface area contributed by atoms with E-state index in [4.69, 9.17) is 4.74 Å². The van der Waals surface area contributed by atoms with Gasteiger partial charge in [0.1, 0.15) is 11.4 Å². The van der Waals surface area contributed by atoms with Crippen LogP contribution < -0.4 is 20.7 Å². The number of aromatic nitrogens is 1. The summed E-state index contributed by atoms with van der Waals surface area (Å²) in [5, 5.41) is 8.67. The maximum atomic E-state index is 13.5. The van der Waals surface area contributed by atoms with Crippen LogP contribution in [-0.4, -0.2) is 35.1 Å². The molecule has 0 aliphatic heterocycles. The molecule has 0 spiro atoms. The van der Waals surface area contributed by atoms with Crippen LogP contribution in [0.2, 0.25) is 0 Å². The SMILES string of the molecule is COc1cccc(/C=C(\NC(=O)c2ccccc2)C(=O)Nc2cccc(SC(C)C(=O)Nc3nc(-c4ccccc4)c(C)s3)c2)c1. The second-order valence-corrected chi connectivity index (χ2v) is 12.8. The number of thioether (sulfide) groups is 1. The molecule has 0 aliphatic rings. The summed E-state index contributed by atoms with van der Waals surface area (Å²) in [6.07, 6.45) is 1.59. The number of ether oxygens (including phenoxy) is 1. The zero-order valence-electron chi connectivity index (χ0n) is 25.4. The lowest BCUT2D eigenvalue weighted by atomic mass is 10.1. The number of carbonyl (C=O) groups is 3. The number of nitrogens with zero attached hydrogens (tertiary/aromatic N) is 1. The third-order valence-corrected chi connectivity index (χ3v) is 8.76. The van der Waals surface area contributed by atoms with Gasteiger partial charge in [-0.2, -0.15) is 0 Å². The van der Waals surface area contributed by atoms with Crippen molar-refractivity contribution in [2.45, 2.75) is 24.0 Å². The van der Waals surface area contributed by atoms with E-state index >= 15 is 0 Å². The van der Waals surface area contributed by atoms with Crippen molar-refractivity contribution in [1.29, 1.82) is 0 Å². The standard InChI is InChI=1S/C36H32N4O4S2/c1-23-32(26-13-6-4-7-14-26)39-36(46-23)40-33(41)24(2)45-30-19-11-17-28(22-30)37-35(43)31(21-25-12-10-18-29(20-25)44-3)38-34(42)27-15-8-5-9-16-27/h4-22,24H,1-3H3,(H,37,43)(H,38,42)(H,39,40,41)/b31-21-. The number of thiazole rings is 1. The number of hydrogen-bond acceptors (Lipinski definition) is 7. The van der Waals surface area contributed by atoms with Crippen LogP contribution in [0, 0.1) is 6.92 Å². The van der Waals surface area contributed by atoms with E-state index in [0.717, 1.165) is 21.0 Å². The molecule has 10 heteroatoms. The van der Waals surface area contributed by atoms with E-state index in [2.05, 4.69) is 20.9 Å². The lowest BCUT2D eigenvalue weighted by Crippen LogP contribution is -2.30. The van der Waals surface area contributed by atoms with Crippen molar-refractivity contribution < 1.29 is 19.1 Å². The second kappa shape index (κ2) is 15.2. The zero-order valence-corrected chi connectivity index (χ0v) is 27.1. The third kappa shape index (κ3) is 8.50. The molecular weight excluding hydrogens is 617 g/mol. The minimum absolute atomic E-state index is 0.0570. The third-order valence-electron chi connectivity index (χ3n) is 6.78. The van der Waals surface area contributed by atoms with Gasteiger partial charge in [-0.3, -0.25) is 14.4 Å². The zero-order chi connectivity index (χ0) is 32.5. The van der Waals surface area contributed by atoms with Gasteiger partial charge in [0.15, 0.2) is 5.13 Å². The fourth-order valence-electron chi connectivity index (χ4n) is 4.46. The molecule has 3 amide bonds. The summed E-state index contributed by atoms with van der Waals surface area (Å²) in [4.78, 5) is 46.0. The van der Waals surface area contributed by atoms with Crippen molar-refractivity contribution >= 4 is 57.7 Å². The fourth-order valence-corrected chi connectivity index (χ4v) is 6.23. The molecule has 8 nitrogen and oxygen atoms in total. The Bertz CT molecular complexity index is 1870. The molecule has 3 N–H and O–H groups in total. The van der Waals surface area contributed by atoms with E-state index in [9.17, 15) is 14.4 Å². The van der Waals surface area contributed by atoms with Crippen LogP contribution in [0.3, 0.4) is 0 Å². The number of hydrogen-bond donors (Lipinski definition) is 3. The summed E-state index contributed by atoms with van der Waals surface area (Å²) in [6.45, 7) is 3.80. The number of anilines is 2. The highest BCUT2D eigenvalue weighted by Crippen LogP contribution is 2.32. The molecule has 4 aromatic carbocycles. The maximum Gasteiger partial charge on any atom is 0.272 e. The summed E-state index contributed by atoms with van der Waals surface area (Å²) < 4.78 is 5.31. The van der Waals surface area contributed by atoms with Gasteiger partial charge in [-0.1, -0.05) is 66.7 Å². The van der Waals surface area contributed by atoms with Gasteiger partial charge in [-0.05, 0) is 68.0 Å². The highest BCUT2D eigenvalue weighted by molar-refractivity contribution is 8.00. The molecular formula is C36H32N4O4S2. The van der Waals surface area contributed by atoms with Crippen LogP contribution in [-0.2, 0) is 9.59 Å². The average Bonchev–Trinajstić information content (AvgIpc) is 3.44. The first-order valence-corrected chi connectivity index (χ1v) is 16.1. The van der Waals surface area contributed by atoms with E-state index in [1.165, 1.54) is 23.1 Å². The lowest BCUT2D eigenvalue weighted by molar-refractivity contribution is -0.115. The van der Waals surface area contributed by atoms with Gasteiger partial charge in [0, 0.05) is 26.6 Å². The number of aryl methyl sites for hydroxylation is 1. The number of amides is 3. The van der Waals surface area contributed by atoms with Crippen LogP contribution in [0.15, 0.2) is 120 Å². The number of carbonyl (C=O) groups excluding carboxylic acids is 3. The molecule has 232 valence electrons. The second-order valence-electron chi connectivity index (χ2n) is 10.2. The van der Waals surface area contributed by atoms with Gasteiger partial charge in [0.05, 0.1) is 18.1 Å². The molecule has 1 atom stereocenters. The molecule has 0 bridgehead atoms. The van der Waals surface area contributed by atoms with Crippen LogP contribution in [0.25, 0.3) is 17.3 Å². The van der Waals surface area contributed by atoms with Gasteiger partial charge in [-0.15, -0.1) is 23.1 Å². The Balaban J connectivity index is 1.27. The van der Waals surface area contributed by atoms with Crippen molar-refractivity contribution in [3.05, 3.63) is 131 Å². The van der Waals surface area contributed by atoms with Crippen molar-refractivity contribution in [2.75, 3.05) is 17.7 Å². The topological polar surface area (TPSA) is 109 Å². The molecule has 0 saturated carbocycles. The quantitative estimate of drug-likeness (QED) is 0.100. The lowest BCUT2D eigenvalue weighted by Gasteiger charge is -2.14. The van der Waals surface area contributed by atoms with Gasteiger partial charge in [-0.25, -0.2) is 4.98 Å². The monoisotopic (exact) mass is 648 g/mol. The van der Waals surface area contributed by atoms with Crippen LogP contribution in [0.4, 0.5) is 10.8 Å². The van der Waals surface area contributed by atoms with E-state index in [-0.39, 0.29) is 11.6 Å².